The van der Waals surface area contributed by atoms with Crippen molar-refractivity contribution in [3.8, 4) is 5.75 Å². The van der Waals surface area contributed by atoms with Crippen LogP contribution in [-0.2, 0) is 22.2 Å². The fourth-order valence-corrected chi connectivity index (χ4v) is 3.85. The summed E-state index contributed by atoms with van der Waals surface area (Å²) in [6, 6.07) is 14.8. The van der Waals surface area contributed by atoms with E-state index in [0.717, 1.165) is 24.2 Å². The fraction of sp³-hybridized carbons (Fsp3) is 0.368. The first kappa shape index (κ1) is 19.8. The largest absolute Gasteiger partial charge is 0.491 e. The van der Waals surface area contributed by atoms with Crippen molar-refractivity contribution in [2.24, 2.45) is 0 Å². The van der Waals surface area contributed by atoms with E-state index in [9.17, 15) is 8.42 Å². The van der Waals surface area contributed by atoms with Gasteiger partial charge in [0.2, 0.25) is 10.0 Å². The molecule has 0 bridgehead atoms. The quantitative estimate of drug-likeness (QED) is 0.663. The summed E-state index contributed by atoms with van der Waals surface area (Å²) in [6.07, 6.45) is 1.64. The van der Waals surface area contributed by atoms with Crippen molar-refractivity contribution in [3.05, 3.63) is 64.7 Å². The Labute approximate surface area is 155 Å². The Balaban J connectivity index is 1.80. The lowest BCUT2D eigenvalue weighted by atomic mass is 10.1. The third-order valence-electron chi connectivity index (χ3n) is 3.48. The lowest BCUT2D eigenvalue weighted by molar-refractivity contribution is 0.242. The van der Waals surface area contributed by atoms with Crippen LogP contribution in [0.5, 0.6) is 5.75 Å². The minimum Gasteiger partial charge on any atom is -0.491 e. The van der Waals surface area contributed by atoms with Gasteiger partial charge in [0.1, 0.15) is 5.75 Å². The van der Waals surface area contributed by atoms with Crippen molar-refractivity contribution in [2.75, 3.05) is 6.54 Å². The molecule has 0 amide bonds. The number of sulfonamides is 1. The Morgan fingerprint density at radius 2 is 1.80 bits per heavy atom. The highest BCUT2D eigenvalue weighted by Gasteiger charge is 2.11. The van der Waals surface area contributed by atoms with Crippen molar-refractivity contribution < 1.29 is 13.2 Å². The maximum Gasteiger partial charge on any atom is 0.215 e. The fourth-order valence-electron chi connectivity index (χ4n) is 2.46. The molecule has 0 unspecified atom stereocenters. The summed E-state index contributed by atoms with van der Waals surface area (Å²) in [7, 11) is -3.36. The van der Waals surface area contributed by atoms with Gasteiger partial charge in [-0.2, -0.15) is 0 Å². The van der Waals surface area contributed by atoms with E-state index in [-0.39, 0.29) is 11.9 Å². The van der Waals surface area contributed by atoms with Gasteiger partial charge in [-0.05, 0) is 62.1 Å². The molecule has 0 aliphatic carbocycles. The zero-order valence-electron chi connectivity index (χ0n) is 14.5. The molecule has 25 heavy (non-hydrogen) atoms. The van der Waals surface area contributed by atoms with Gasteiger partial charge in [-0.15, -0.1) is 0 Å². The number of rotatable bonds is 9. The number of aryl methyl sites for hydroxylation is 1. The average molecular weight is 382 g/mol. The van der Waals surface area contributed by atoms with Gasteiger partial charge in [0.05, 0.1) is 11.9 Å². The number of halogens is 1. The molecule has 2 aromatic carbocycles. The monoisotopic (exact) mass is 381 g/mol. The molecule has 0 heterocycles. The lowest BCUT2D eigenvalue weighted by Crippen LogP contribution is -2.26. The molecule has 0 aromatic heterocycles. The first-order valence-corrected chi connectivity index (χ1v) is 10.3. The summed E-state index contributed by atoms with van der Waals surface area (Å²) in [5, 5.41) is 0.538. The third kappa shape index (κ3) is 7.46. The van der Waals surface area contributed by atoms with Crippen LogP contribution >= 0.6 is 11.6 Å². The zero-order valence-corrected chi connectivity index (χ0v) is 16.1. The first-order chi connectivity index (χ1) is 11.8. The normalized spacial score (nSPS) is 11.7. The molecule has 136 valence electrons. The molecule has 2 rings (SSSR count). The van der Waals surface area contributed by atoms with Gasteiger partial charge in [-0.1, -0.05) is 35.9 Å². The van der Waals surface area contributed by atoms with Gasteiger partial charge in [0.15, 0.2) is 0 Å². The summed E-state index contributed by atoms with van der Waals surface area (Å²) < 4.78 is 32.6. The van der Waals surface area contributed by atoms with E-state index < -0.39 is 10.0 Å². The molecule has 1 N–H and O–H groups in total. The van der Waals surface area contributed by atoms with Crippen molar-refractivity contribution >= 4 is 21.6 Å². The molecule has 6 heteroatoms. The standard InChI is InChI=1S/C19H24ClNO3S/c1-15(2)24-19-10-4-6-16(13-19)8-5-11-21-25(22,23)14-17-7-3-9-18(20)12-17/h3-4,6-7,9-10,12-13,15,21H,5,8,11,14H2,1-2H3. The highest BCUT2D eigenvalue weighted by molar-refractivity contribution is 7.88. The first-order valence-electron chi connectivity index (χ1n) is 8.31. The third-order valence-corrected chi connectivity index (χ3v) is 5.07. The van der Waals surface area contributed by atoms with Gasteiger partial charge >= 0.3 is 0 Å². The van der Waals surface area contributed by atoms with Crippen LogP contribution in [0.2, 0.25) is 5.02 Å². The SMILES string of the molecule is CC(C)Oc1cccc(CCCNS(=O)(=O)Cc2cccc(Cl)c2)c1. The number of hydrogen-bond acceptors (Lipinski definition) is 3. The van der Waals surface area contributed by atoms with Crippen molar-refractivity contribution in [2.45, 2.75) is 38.5 Å². The van der Waals surface area contributed by atoms with Gasteiger partial charge < -0.3 is 4.74 Å². The summed E-state index contributed by atoms with van der Waals surface area (Å²) in [5.41, 5.74) is 1.81. The number of ether oxygens (including phenoxy) is 1. The predicted octanol–water partition coefficient (Wildman–Crippen LogP) is 4.18. The van der Waals surface area contributed by atoms with Crippen molar-refractivity contribution in [1.82, 2.24) is 4.72 Å². The number of benzene rings is 2. The Kier molecular flexibility index (Phi) is 7.29. The lowest BCUT2D eigenvalue weighted by Gasteiger charge is -2.11. The molecule has 0 atom stereocenters. The summed E-state index contributed by atoms with van der Waals surface area (Å²) in [4.78, 5) is 0. The molecule has 0 fully saturated rings. The van der Waals surface area contributed by atoms with Gasteiger partial charge in [0.25, 0.3) is 0 Å². The molecule has 0 saturated carbocycles. The molecular weight excluding hydrogens is 358 g/mol. The minimum absolute atomic E-state index is 0.0642. The molecule has 2 aromatic rings. The van der Waals surface area contributed by atoms with Crippen molar-refractivity contribution in [1.29, 1.82) is 0 Å². The molecule has 0 aliphatic rings. The maximum atomic E-state index is 12.1. The summed E-state index contributed by atoms with van der Waals surface area (Å²) in [6.45, 7) is 4.38. The number of nitrogens with one attached hydrogen (secondary N) is 1. The van der Waals surface area contributed by atoms with Crippen LogP contribution in [0.1, 0.15) is 31.4 Å². The second-order valence-corrected chi connectivity index (χ2v) is 8.44. The van der Waals surface area contributed by atoms with Crippen LogP contribution in [0.15, 0.2) is 48.5 Å². The van der Waals surface area contributed by atoms with Crippen molar-refractivity contribution in [3.63, 3.8) is 0 Å². The van der Waals surface area contributed by atoms with Crippen LogP contribution in [0.4, 0.5) is 0 Å². The second-order valence-electron chi connectivity index (χ2n) is 6.20. The van der Waals surface area contributed by atoms with Gasteiger partial charge in [0, 0.05) is 11.6 Å². The van der Waals surface area contributed by atoms with Crippen LogP contribution in [0.25, 0.3) is 0 Å². The van der Waals surface area contributed by atoms with Gasteiger partial charge in [-0.25, -0.2) is 13.1 Å². The van der Waals surface area contributed by atoms with E-state index >= 15 is 0 Å². The summed E-state index contributed by atoms with van der Waals surface area (Å²) in [5.74, 6) is 0.777. The van der Waals surface area contributed by atoms with E-state index in [4.69, 9.17) is 16.3 Å². The predicted molar refractivity (Wildman–Crippen MR) is 103 cm³/mol. The molecule has 0 saturated heterocycles. The Bertz CT molecular complexity index is 791. The second kappa shape index (κ2) is 9.22. The molecule has 0 radical (unpaired) electrons. The average Bonchev–Trinajstić information content (AvgIpc) is 2.51. The Morgan fingerprint density at radius 1 is 1.08 bits per heavy atom. The smallest absolute Gasteiger partial charge is 0.215 e. The zero-order chi connectivity index (χ0) is 18.3. The molecule has 0 spiro atoms. The Morgan fingerprint density at radius 3 is 2.52 bits per heavy atom. The Hall–Kier alpha value is -1.56. The van der Waals surface area contributed by atoms with E-state index in [0.29, 0.717) is 17.1 Å². The molecule has 0 aliphatic heterocycles. The number of hydrogen-bond donors (Lipinski definition) is 1. The minimum atomic E-state index is -3.36. The van der Waals surface area contributed by atoms with Crippen LogP contribution < -0.4 is 9.46 Å². The van der Waals surface area contributed by atoms with Crippen LogP contribution in [0.3, 0.4) is 0 Å². The summed E-state index contributed by atoms with van der Waals surface area (Å²) >= 11 is 5.89. The van der Waals surface area contributed by atoms with Gasteiger partial charge in [-0.3, -0.25) is 0 Å². The van der Waals surface area contributed by atoms with E-state index in [1.54, 1.807) is 24.3 Å². The highest BCUT2D eigenvalue weighted by Crippen LogP contribution is 2.16. The molecule has 4 nitrogen and oxygen atoms in total. The molecular formula is C19H24ClNO3S. The maximum absolute atomic E-state index is 12.1. The topological polar surface area (TPSA) is 55.4 Å². The highest BCUT2D eigenvalue weighted by atomic mass is 35.5. The van der Waals surface area contributed by atoms with E-state index in [2.05, 4.69) is 4.72 Å². The van der Waals surface area contributed by atoms with E-state index in [1.807, 2.05) is 38.1 Å². The van der Waals surface area contributed by atoms with Crippen LogP contribution in [0, 0.1) is 0 Å². The van der Waals surface area contributed by atoms with Crippen LogP contribution in [-0.4, -0.2) is 21.1 Å². The van der Waals surface area contributed by atoms with E-state index in [1.165, 1.54) is 0 Å².